The molecular weight excluding hydrogens is 465 g/mol. The molecule has 1 aromatic heterocycles. The minimum atomic E-state index is -0.262. The van der Waals surface area contributed by atoms with Gasteiger partial charge in [0.05, 0.1) is 5.69 Å². The Morgan fingerprint density at radius 2 is 1.90 bits per heavy atom. The molecule has 4 nitrogen and oxygen atoms in total. The zero-order valence-electron chi connectivity index (χ0n) is 11.0. The Balaban J connectivity index is 1.99. The van der Waals surface area contributed by atoms with Crippen molar-refractivity contribution in [1.82, 2.24) is 10.3 Å². The molecule has 2 aromatic rings. The number of nitrogens with one attached hydrogen (secondary N) is 2. The SMILES string of the molecule is Cc1nc(NC(=S)NC(=O)c2ccc(Br)cc2)ccc1I. The first-order valence-electron chi connectivity index (χ1n) is 5.97. The van der Waals surface area contributed by atoms with Crippen LogP contribution < -0.4 is 10.6 Å². The van der Waals surface area contributed by atoms with Crippen LogP contribution in [0, 0.1) is 10.5 Å². The predicted molar refractivity (Wildman–Crippen MR) is 99.5 cm³/mol. The van der Waals surface area contributed by atoms with Gasteiger partial charge in [-0.1, -0.05) is 15.9 Å². The molecule has 0 spiro atoms. The van der Waals surface area contributed by atoms with Crippen LogP contribution in [0.5, 0.6) is 0 Å². The summed E-state index contributed by atoms with van der Waals surface area (Å²) in [6, 6.07) is 10.8. The smallest absolute Gasteiger partial charge is 0.257 e. The lowest BCUT2D eigenvalue weighted by atomic mass is 10.2. The molecule has 1 heterocycles. The number of amides is 1. The Labute approximate surface area is 150 Å². The topological polar surface area (TPSA) is 54.0 Å². The van der Waals surface area contributed by atoms with Crippen LogP contribution in [0.2, 0.25) is 0 Å². The first-order chi connectivity index (χ1) is 9.95. The quantitative estimate of drug-likeness (QED) is 0.511. The van der Waals surface area contributed by atoms with Gasteiger partial charge in [-0.05, 0) is 78.1 Å². The van der Waals surface area contributed by atoms with Crippen molar-refractivity contribution in [3.8, 4) is 0 Å². The molecule has 0 aliphatic heterocycles. The predicted octanol–water partition coefficient (Wildman–Crippen LogP) is 3.88. The van der Waals surface area contributed by atoms with Crippen LogP contribution in [0.4, 0.5) is 5.82 Å². The molecule has 0 fully saturated rings. The van der Waals surface area contributed by atoms with E-state index in [1.54, 1.807) is 24.3 Å². The summed E-state index contributed by atoms with van der Waals surface area (Å²) >= 11 is 10.7. The van der Waals surface area contributed by atoms with Crippen LogP contribution in [0.25, 0.3) is 0 Å². The van der Waals surface area contributed by atoms with Crippen molar-refractivity contribution in [3.63, 3.8) is 0 Å². The lowest BCUT2D eigenvalue weighted by Crippen LogP contribution is -2.34. The van der Waals surface area contributed by atoms with Crippen LogP contribution in [-0.4, -0.2) is 16.0 Å². The van der Waals surface area contributed by atoms with Crippen molar-refractivity contribution in [2.75, 3.05) is 5.32 Å². The molecule has 0 aliphatic rings. The fourth-order valence-electron chi connectivity index (χ4n) is 1.54. The van der Waals surface area contributed by atoms with Gasteiger partial charge in [-0.25, -0.2) is 4.98 Å². The first-order valence-corrected chi connectivity index (χ1v) is 8.25. The van der Waals surface area contributed by atoms with Crippen LogP contribution in [0.1, 0.15) is 16.1 Å². The van der Waals surface area contributed by atoms with E-state index in [0.717, 1.165) is 13.7 Å². The average Bonchev–Trinajstić information content (AvgIpc) is 2.43. The fraction of sp³-hybridized carbons (Fsp3) is 0.0714. The summed E-state index contributed by atoms with van der Waals surface area (Å²) in [6.07, 6.45) is 0. The highest BCUT2D eigenvalue weighted by atomic mass is 127. The number of carbonyl (C=O) groups is 1. The number of benzene rings is 1. The first kappa shape index (κ1) is 16.3. The van der Waals surface area contributed by atoms with Gasteiger partial charge in [-0.3, -0.25) is 10.1 Å². The number of halogens is 2. The van der Waals surface area contributed by atoms with Crippen LogP contribution in [0.15, 0.2) is 40.9 Å². The number of aryl methyl sites for hydroxylation is 1. The molecule has 0 atom stereocenters. The van der Waals surface area contributed by atoms with Crippen LogP contribution in [-0.2, 0) is 0 Å². The highest BCUT2D eigenvalue weighted by Gasteiger charge is 2.08. The summed E-state index contributed by atoms with van der Waals surface area (Å²) in [5.74, 6) is 0.344. The van der Waals surface area contributed by atoms with Gasteiger partial charge in [0.25, 0.3) is 5.91 Å². The molecule has 0 saturated carbocycles. The molecule has 0 bridgehead atoms. The minimum Gasteiger partial charge on any atom is -0.317 e. The van der Waals surface area contributed by atoms with E-state index in [4.69, 9.17) is 12.2 Å². The molecule has 1 aromatic carbocycles. The zero-order valence-corrected chi connectivity index (χ0v) is 15.5. The molecule has 0 aliphatic carbocycles. The third-order valence-corrected chi connectivity index (χ3v) is 4.47. The van der Waals surface area contributed by atoms with Gasteiger partial charge in [0, 0.05) is 13.6 Å². The number of hydrogen-bond donors (Lipinski definition) is 2. The Morgan fingerprint density at radius 1 is 1.24 bits per heavy atom. The number of nitrogens with zero attached hydrogens (tertiary/aromatic N) is 1. The van der Waals surface area contributed by atoms with Crippen molar-refractivity contribution in [2.45, 2.75) is 6.92 Å². The monoisotopic (exact) mass is 475 g/mol. The molecule has 1 amide bonds. The number of thiocarbonyl (C=S) groups is 1. The summed E-state index contributed by atoms with van der Waals surface area (Å²) in [5.41, 5.74) is 1.44. The largest absolute Gasteiger partial charge is 0.317 e. The molecule has 7 heteroatoms. The number of aromatic nitrogens is 1. The van der Waals surface area contributed by atoms with Gasteiger partial charge in [0.1, 0.15) is 5.82 Å². The number of hydrogen-bond acceptors (Lipinski definition) is 3. The third kappa shape index (κ3) is 4.72. The Morgan fingerprint density at radius 3 is 2.52 bits per heavy atom. The normalized spacial score (nSPS) is 10.0. The van der Waals surface area contributed by atoms with E-state index >= 15 is 0 Å². The van der Waals surface area contributed by atoms with Crippen LogP contribution >= 0.6 is 50.7 Å². The number of carbonyl (C=O) groups excluding carboxylic acids is 1. The highest BCUT2D eigenvalue weighted by Crippen LogP contribution is 2.13. The van der Waals surface area contributed by atoms with Crippen molar-refractivity contribution in [2.24, 2.45) is 0 Å². The molecule has 0 unspecified atom stereocenters. The molecule has 2 rings (SSSR count). The molecule has 2 N–H and O–H groups in total. The minimum absolute atomic E-state index is 0.219. The summed E-state index contributed by atoms with van der Waals surface area (Å²) in [6.45, 7) is 1.91. The zero-order chi connectivity index (χ0) is 15.4. The maximum absolute atomic E-state index is 12.0. The van der Waals surface area contributed by atoms with Crippen molar-refractivity contribution in [1.29, 1.82) is 0 Å². The number of pyridine rings is 1. The van der Waals surface area contributed by atoms with E-state index in [1.165, 1.54) is 0 Å². The molecule has 0 radical (unpaired) electrons. The van der Waals surface area contributed by atoms with E-state index in [0.29, 0.717) is 11.4 Å². The van der Waals surface area contributed by atoms with E-state index < -0.39 is 0 Å². The van der Waals surface area contributed by atoms with E-state index in [1.807, 2.05) is 19.1 Å². The maximum atomic E-state index is 12.0. The van der Waals surface area contributed by atoms with E-state index in [9.17, 15) is 4.79 Å². The summed E-state index contributed by atoms with van der Waals surface area (Å²) < 4.78 is 1.99. The standard InChI is InChI=1S/C14H11BrIN3OS/c1-8-11(16)6-7-12(17-8)18-14(21)19-13(20)9-2-4-10(15)5-3-9/h2-7H,1H3,(H2,17,18,19,20,21). The summed E-state index contributed by atoms with van der Waals surface area (Å²) in [4.78, 5) is 16.3. The van der Waals surface area contributed by atoms with Gasteiger partial charge in [0.2, 0.25) is 0 Å². The van der Waals surface area contributed by atoms with Gasteiger partial charge in [-0.15, -0.1) is 0 Å². The van der Waals surface area contributed by atoms with E-state index in [2.05, 4.69) is 54.1 Å². The summed E-state index contributed by atoms with van der Waals surface area (Å²) in [7, 11) is 0. The third-order valence-electron chi connectivity index (χ3n) is 2.60. The Hall–Kier alpha value is -1.06. The second-order valence-electron chi connectivity index (χ2n) is 4.18. The molecule has 108 valence electrons. The molecule has 21 heavy (non-hydrogen) atoms. The Bertz CT molecular complexity index is 691. The van der Waals surface area contributed by atoms with Crippen molar-refractivity contribution >= 4 is 67.6 Å². The average molecular weight is 476 g/mol. The Kier molecular flexibility index (Phi) is 5.65. The van der Waals surface area contributed by atoms with Crippen molar-refractivity contribution in [3.05, 3.63) is 55.7 Å². The number of rotatable bonds is 2. The van der Waals surface area contributed by atoms with Gasteiger partial charge in [0.15, 0.2) is 5.11 Å². The maximum Gasteiger partial charge on any atom is 0.257 e. The van der Waals surface area contributed by atoms with Gasteiger partial charge < -0.3 is 5.32 Å². The van der Waals surface area contributed by atoms with E-state index in [-0.39, 0.29) is 11.0 Å². The van der Waals surface area contributed by atoms with Gasteiger partial charge in [-0.2, -0.15) is 0 Å². The second kappa shape index (κ2) is 7.28. The van der Waals surface area contributed by atoms with Gasteiger partial charge >= 0.3 is 0 Å². The second-order valence-corrected chi connectivity index (χ2v) is 6.66. The number of anilines is 1. The summed E-state index contributed by atoms with van der Waals surface area (Å²) in [5, 5.41) is 5.74. The van der Waals surface area contributed by atoms with Crippen molar-refractivity contribution < 1.29 is 4.79 Å². The fourth-order valence-corrected chi connectivity index (χ4v) is 2.30. The highest BCUT2D eigenvalue weighted by molar-refractivity contribution is 14.1. The molecule has 0 saturated heterocycles. The molecular formula is C14H11BrIN3OS. The lowest BCUT2D eigenvalue weighted by molar-refractivity contribution is 0.0977. The lowest BCUT2D eigenvalue weighted by Gasteiger charge is -2.10. The van der Waals surface area contributed by atoms with Crippen LogP contribution in [0.3, 0.4) is 0 Å².